The van der Waals surface area contributed by atoms with Crippen molar-refractivity contribution >= 4 is 17.7 Å². The van der Waals surface area contributed by atoms with Crippen LogP contribution in [0.5, 0.6) is 5.75 Å². The van der Waals surface area contributed by atoms with E-state index in [1.165, 1.54) is 36.4 Å². The molecule has 3 aliphatic rings. The first-order valence-electron chi connectivity index (χ1n) is 15.3. The maximum atomic E-state index is 15.0. The molecule has 0 spiro atoms. The van der Waals surface area contributed by atoms with E-state index in [1.807, 2.05) is 33.0 Å². The van der Waals surface area contributed by atoms with E-state index in [0.29, 0.717) is 13.1 Å². The quantitative estimate of drug-likeness (QED) is 0.576. The number of morpholine rings is 1. The molecule has 2 aromatic carbocycles. The van der Waals surface area contributed by atoms with Gasteiger partial charge in [-0.2, -0.15) is 0 Å². The average Bonchev–Trinajstić information content (AvgIpc) is 3.21. The third-order valence-corrected chi connectivity index (χ3v) is 6.48. The van der Waals surface area contributed by atoms with Crippen molar-refractivity contribution in [2.45, 2.75) is 77.3 Å². The molecule has 1 N–H and O–H groups in total. The summed E-state index contributed by atoms with van der Waals surface area (Å²) in [5.41, 5.74) is -0.575. The van der Waals surface area contributed by atoms with Gasteiger partial charge >= 0.3 is 0 Å². The van der Waals surface area contributed by atoms with E-state index in [-0.39, 0.29) is 41.2 Å². The molecule has 1 unspecified atom stereocenters. The van der Waals surface area contributed by atoms with Crippen molar-refractivity contribution in [2.75, 3.05) is 13.1 Å². The van der Waals surface area contributed by atoms with Crippen molar-refractivity contribution in [1.82, 2.24) is 15.1 Å². The number of piperidine rings is 1. The summed E-state index contributed by atoms with van der Waals surface area (Å²) in [7, 11) is 0. The minimum atomic E-state index is -3.08. The van der Waals surface area contributed by atoms with Crippen LogP contribution in [0.2, 0.25) is 0 Å². The van der Waals surface area contributed by atoms with Gasteiger partial charge in [0.05, 0.1) is 17.7 Å². The molecule has 0 bridgehead atoms. The zero-order valence-electron chi connectivity index (χ0n) is 27.7. The fraction of sp³-hybridized carbons (Fsp3) is 0.483. The molecule has 2 fully saturated rings. The molecule has 0 saturated carbocycles. The Balaban J connectivity index is 1.38. The molecule has 2 saturated heterocycles. The Morgan fingerprint density at radius 3 is 2.63 bits per heavy atom. The number of rotatable bonds is 6. The Kier molecular flexibility index (Phi) is 5.08. The van der Waals surface area contributed by atoms with Crippen LogP contribution in [0, 0.1) is 5.82 Å². The SMILES string of the molecule is [2H]C([2H])(c1ccc(F)c(COc2cccc3c2CN(C2C(=O)NC(=O)C([2H])([2H])C2([2H])[2H])C3=O)c1)N1CC(C)(C)OC(C)(C)C1. The number of imide groups is 1. The second kappa shape index (κ2) is 9.78. The first-order chi connectivity index (χ1) is 20.2. The third-order valence-electron chi connectivity index (χ3n) is 6.48. The van der Waals surface area contributed by atoms with E-state index < -0.39 is 60.0 Å². The van der Waals surface area contributed by atoms with Crippen LogP contribution in [-0.2, 0) is 34.0 Å². The van der Waals surface area contributed by atoms with E-state index in [1.54, 1.807) is 4.90 Å². The molecule has 5 rings (SSSR count). The number of nitrogens with zero attached hydrogens (tertiary/aromatic N) is 2. The number of halogens is 1. The highest BCUT2D eigenvalue weighted by Crippen LogP contribution is 2.34. The molecule has 38 heavy (non-hydrogen) atoms. The van der Waals surface area contributed by atoms with Crippen LogP contribution < -0.4 is 10.1 Å². The summed E-state index contributed by atoms with van der Waals surface area (Å²) < 4.78 is 77.2. The van der Waals surface area contributed by atoms with Gasteiger partial charge in [0.1, 0.15) is 24.2 Å². The normalized spacial score (nSPS) is 28.2. The van der Waals surface area contributed by atoms with Crippen molar-refractivity contribution in [3.8, 4) is 5.75 Å². The van der Waals surface area contributed by atoms with Gasteiger partial charge in [0.2, 0.25) is 11.8 Å². The summed E-state index contributed by atoms with van der Waals surface area (Å²) in [5, 5.41) is 1.82. The van der Waals surface area contributed by atoms with Gasteiger partial charge in [-0.3, -0.25) is 24.6 Å². The number of ether oxygens (including phenoxy) is 2. The van der Waals surface area contributed by atoms with Gasteiger partial charge in [-0.1, -0.05) is 12.1 Å². The number of nitrogens with one attached hydrogen (secondary N) is 1. The maximum absolute atomic E-state index is 15.0. The number of amides is 3. The molecular weight excluding hydrogens is 489 g/mol. The van der Waals surface area contributed by atoms with Crippen molar-refractivity contribution in [2.24, 2.45) is 0 Å². The van der Waals surface area contributed by atoms with Gasteiger partial charge in [-0.15, -0.1) is 0 Å². The topological polar surface area (TPSA) is 88.2 Å². The summed E-state index contributed by atoms with van der Waals surface area (Å²) in [6, 6.07) is 6.48. The predicted molar refractivity (Wildman–Crippen MR) is 138 cm³/mol. The number of carbonyl (C=O) groups is 3. The zero-order valence-corrected chi connectivity index (χ0v) is 21.7. The number of fused-ring (bicyclic) bond motifs is 1. The number of hydrogen-bond acceptors (Lipinski definition) is 6. The zero-order chi connectivity index (χ0) is 32.6. The molecule has 0 aromatic heterocycles. The largest absolute Gasteiger partial charge is 0.488 e. The molecule has 2 aromatic rings. The van der Waals surface area contributed by atoms with Gasteiger partial charge in [0.15, 0.2) is 0 Å². The minimum Gasteiger partial charge on any atom is -0.488 e. The summed E-state index contributed by atoms with van der Waals surface area (Å²) in [5.74, 6) is -3.79. The molecule has 9 heteroatoms. The third kappa shape index (κ3) is 5.44. The first-order valence-corrected chi connectivity index (χ1v) is 12.3. The Bertz CT molecular complexity index is 1530. The fourth-order valence-corrected chi connectivity index (χ4v) is 5.26. The number of hydrogen-bond donors (Lipinski definition) is 1. The van der Waals surface area contributed by atoms with E-state index >= 15 is 0 Å². The minimum absolute atomic E-state index is 0.0617. The van der Waals surface area contributed by atoms with Crippen LogP contribution in [-0.4, -0.2) is 57.9 Å². The Labute approximate surface area is 230 Å². The van der Waals surface area contributed by atoms with Gasteiger partial charge in [-0.05, 0) is 63.9 Å². The second-order valence-corrected chi connectivity index (χ2v) is 10.9. The van der Waals surface area contributed by atoms with Gasteiger partial charge in [0, 0.05) is 50.9 Å². The molecular formula is C29H34FN3O5. The Morgan fingerprint density at radius 2 is 1.89 bits per heavy atom. The van der Waals surface area contributed by atoms with E-state index in [4.69, 9.17) is 17.7 Å². The lowest BCUT2D eigenvalue weighted by Crippen LogP contribution is -2.56. The fourth-order valence-electron chi connectivity index (χ4n) is 5.26. The van der Waals surface area contributed by atoms with E-state index in [2.05, 4.69) is 0 Å². The molecule has 0 aliphatic carbocycles. The second-order valence-electron chi connectivity index (χ2n) is 10.9. The predicted octanol–water partition coefficient (Wildman–Crippen LogP) is 3.56. The highest BCUT2D eigenvalue weighted by molar-refractivity contribution is 6.05. The standard InChI is InChI=1S/C29H34FN3O5/c1-28(2)16-32(17-29(3,4)38-28)13-18-8-9-22(30)19(12-18)15-37-24-7-5-6-20-21(24)14-33(27(20)36)23-10-11-25(34)31-26(23)35/h5-9,12,23H,10-11,13-17H2,1-4H3,(H,31,34,35)/i10D2,11D2,13D2. The molecule has 8 nitrogen and oxygen atoms in total. The van der Waals surface area contributed by atoms with Crippen LogP contribution >= 0.6 is 0 Å². The van der Waals surface area contributed by atoms with Crippen LogP contribution in [0.15, 0.2) is 36.4 Å². The molecule has 1 atom stereocenters. The van der Waals surface area contributed by atoms with Crippen LogP contribution in [0.4, 0.5) is 4.39 Å². The summed E-state index contributed by atoms with van der Waals surface area (Å²) >= 11 is 0. The molecule has 3 heterocycles. The van der Waals surface area contributed by atoms with Gasteiger partial charge < -0.3 is 14.4 Å². The lowest BCUT2D eigenvalue weighted by atomic mass is 9.98. The smallest absolute Gasteiger partial charge is 0.255 e. The van der Waals surface area contributed by atoms with Crippen molar-refractivity contribution in [1.29, 1.82) is 0 Å². The van der Waals surface area contributed by atoms with Crippen molar-refractivity contribution in [3.63, 3.8) is 0 Å². The summed E-state index contributed by atoms with van der Waals surface area (Å²) in [6.45, 7) is 5.53. The van der Waals surface area contributed by atoms with Crippen LogP contribution in [0.25, 0.3) is 0 Å². The summed E-state index contributed by atoms with van der Waals surface area (Å²) in [6.07, 6.45) is -6.11. The first kappa shape index (κ1) is 19.7. The Hall–Kier alpha value is -3.30. The van der Waals surface area contributed by atoms with E-state index in [9.17, 15) is 18.8 Å². The van der Waals surface area contributed by atoms with Crippen LogP contribution in [0.1, 0.15) is 75.7 Å². The van der Waals surface area contributed by atoms with E-state index in [0.717, 1.165) is 4.90 Å². The lowest BCUT2D eigenvalue weighted by molar-refractivity contribution is -0.182. The maximum Gasteiger partial charge on any atom is 0.255 e. The molecule has 3 aliphatic heterocycles. The molecule has 202 valence electrons. The number of benzene rings is 2. The molecule has 3 amide bonds. The number of carbonyl (C=O) groups excluding carboxylic acids is 3. The van der Waals surface area contributed by atoms with Gasteiger partial charge in [0.25, 0.3) is 5.91 Å². The average molecular weight is 530 g/mol. The van der Waals surface area contributed by atoms with Crippen molar-refractivity contribution in [3.05, 3.63) is 64.5 Å². The highest BCUT2D eigenvalue weighted by atomic mass is 19.1. The van der Waals surface area contributed by atoms with Gasteiger partial charge in [-0.25, -0.2) is 4.39 Å². The lowest BCUT2D eigenvalue weighted by Gasteiger charge is -2.47. The summed E-state index contributed by atoms with van der Waals surface area (Å²) in [4.78, 5) is 40.5. The monoisotopic (exact) mass is 529 g/mol. The Morgan fingerprint density at radius 1 is 1.16 bits per heavy atom. The van der Waals surface area contributed by atoms with Crippen LogP contribution in [0.3, 0.4) is 0 Å². The van der Waals surface area contributed by atoms with Crippen molar-refractivity contribution < 1.29 is 36.5 Å². The molecule has 0 radical (unpaired) electrons. The highest BCUT2D eigenvalue weighted by Gasteiger charge is 2.40.